The van der Waals surface area contributed by atoms with Crippen molar-refractivity contribution < 1.29 is 4.39 Å². The van der Waals surface area contributed by atoms with E-state index in [1.807, 2.05) is 19.2 Å². The summed E-state index contributed by atoms with van der Waals surface area (Å²) in [7, 11) is 0. The number of halogens is 1. The van der Waals surface area contributed by atoms with Gasteiger partial charge >= 0.3 is 0 Å². The Bertz CT molecular complexity index is 520. The number of nitrogens with one attached hydrogen (secondary N) is 1. The van der Waals surface area contributed by atoms with E-state index >= 15 is 0 Å². The van der Waals surface area contributed by atoms with Crippen LogP contribution in [0.4, 0.5) is 4.39 Å². The third-order valence-corrected chi connectivity index (χ3v) is 2.67. The lowest BCUT2D eigenvalue weighted by Gasteiger charge is -2.07. The summed E-state index contributed by atoms with van der Waals surface area (Å²) in [6, 6.07) is 5.01. The van der Waals surface area contributed by atoms with E-state index in [-0.39, 0.29) is 5.82 Å². The van der Waals surface area contributed by atoms with Crippen molar-refractivity contribution in [3.05, 3.63) is 47.5 Å². The molecule has 0 aliphatic rings. The predicted octanol–water partition coefficient (Wildman–Crippen LogP) is 2.82. The van der Waals surface area contributed by atoms with Crippen LogP contribution >= 0.6 is 0 Å². The van der Waals surface area contributed by atoms with Crippen LogP contribution in [0.1, 0.15) is 24.5 Å². The SMILES string of the molecule is CCCNCc1cc(F)cc(-n2cc(C)cn2)c1. The van der Waals surface area contributed by atoms with Gasteiger partial charge in [0.15, 0.2) is 0 Å². The molecule has 2 rings (SSSR count). The van der Waals surface area contributed by atoms with Crippen LogP contribution < -0.4 is 5.32 Å². The molecule has 2 aromatic rings. The number of benzene rings is 1. The molecule has 0 aliphatic heterocycles. The van der Waals surface area contributed by atoms with Gasteiger partial charge in [0.05, 0.1) is 11.9 Å². The molecule has 0 aliphatic carbocycles. The first-order chi connectivity index (χ1) is 8.69. The molecule has 0 bridgehead atoms. The number of aromatic nitrogens is 2. The van der Waals surface area contributed by atoms with E-state index in [1.165, 1.54) is 6.07 Å². The molecule has 0 fully saturated rings. The van der Waals surface area contributed by atoms with Gasteiger partial charge in [-0.2, -0.15) is 5.10 Å². The van der Waals surface area contributed by atoms with Crippen molar-refractivity contribution in [3.8, 4) is 5.69 Å². The fourth-order valence-electron chi connectivity index (χ4n) is 1.83. The Morgan fingerprint density at radius 2 is 2.17 bits per heavy atom. The lowest BCUT2D eigenvalue weighted by Crippen LogP contribution is -2.14. The fourth-order valence-corrected chi connectivity index (χ4v) is 1.83. The lowest BCUT2D eigenvalue weighted by atomic mass is 10.2. The minimum absolute atomic E-state index is 0.228. The number of aryl methyl sites for hydroxylation is 1. The molecule has 0 spiro atoms. The first-order valence-electron chi connectivity index (χ1n) is 6.21. The minimum atomic E-state index is -0.228. The Kier molecular flexibility index (Phi) is 4.10. The Hall–Kier alpha value is -1.68. The Labute approximate surface area is 107 Å². The summed E-state index contributed by atoms with van der Waals surface area (Å²) in [5.41, 5.74) is 2.76. The van der Waals surface area contributed by atoms with Gasteiger partial charge in [-0.25, -0.2) is 9.07 Å². The van der Waals surface area contributed by atoms with Gasteiger partial charge in [-0.15, -0.1) is 0 Å². The van der Waals surface area contributed by atoms with Crippen LogP contribution in [0.25, 0.3) is 5.69 Å². The molecule has 0 amide bonds. The van der Waals surface area contributed by atoms with Gasteiger partial charge in [-0.1, -0.05) is 6.92 Å². The molecule has 0 unspecified atom stereocenters. The molecule has 1 N–H and O–H groups in total. The molecule has 0 saturated carbocycles. The van der Waals surface area contributed by atoms with Gasteiger partial charge < -0.3 is 5.32 Å². The van der Waals surface area contributed by atoms with E-state index in [2.05, 4.69) is 17.3 Å². The highest BCUT2D eigenvalue weighted by Gasteiger charge is 2.03. The zero-order valence-corrected chi connectivity index (χ0v) is 10.8. The predicted molar refractivity (Wildman–Crippen MR) is 70.3 cm³/mol. The summed E-state index contributed by atoms with van der Waals surface area (Å²) in [4.78, 5) is 0. The maximum absolute atomic E-state index is 13.6. The van der Waals surface area contributed by atoms with Gasteiger partial charge in [0.25, 0.3) is 0 Å². The third-order valence-electron chi connectivity index (χ3n) is 2.67. The molecule has 1 aromatic heterocycles. The Morgan fingerprint density at radius 3 is 2.83 bits per heavy atom. The average molecular weight is 247 g/mol. The molecule has 0 radical (unpaired) electrons. The van der Waals surface area contributed by atoms with Gasteiger partial charge in [0.1, 0.15) is 5.82 Å². The molecule has 96 valence electrons. The van der Waals surface area contributed by atoms with Crippen LogP contribution in [-0.2, 0) is 6.54 Å². The molecule has 0 atom stereocenters. The van der Waals surface area contributed by atoms with Crippen molar-refractivity contribution in [2.24, 2.45) is 0 Å². The molecule has 0 saturated heterocycles. The van der Waals surface area contributed by atoms with Crippen molar-refractivity contribution in [2.45, 2.75) is 26.8 Å². The van der Waals surface area contributed by atoms with Crippen molar-refractivity contribution in [1.29, 1.82) is 0 Å². The van der Waals surface area contributed by atoms with E-state index in [1.54, 1.807) is 16.9 Å². The van der Waals surface area contributed by atoms with Crippen LogP contribution in [0.15, 0.2) is 30.6 Å². The topological polar surface area (TPSA) is 29.9 Å². The Morgan fingerprint density at radius 1 is 1.33 bits per heavy atom. The van der Waals surface area contributed by atoms with Crippen molar-refractivity contribution in [2.75, 3.05) is 6.54 Å². The van der Waals surface area contributed by atoms with E-state index in [0.29, 0.717) is 6.54 Å². The van der Waals surface area contributed by atoms with E-state index in [0.717, 1.165) is 29.8 Å². The second-order valence-corrected chi connectivity index (χ2v) is 4.46. The second-order valence-electron chi connectivity index (χ2n) is 4.46. The first kappa shape index (κ1) is 12.8. The average Bonchev–Trinajstić information content (AvgIpc) is 2.76. The summed E-state index contributed by atoms with van der Waals surface area (Å²) >= 11 is 0. The van der Waals surface area contributed by atoms with Crippen LogP contribution in [0.3, 0.4) is 0 Å². The number of hydrogen-bond acceptors (Lipinski definition) is 2. The Balaban J connectivity index is 2.21. The second kappa shape index (κ2) is 5.78. The molecule has 1 heterocycles. The molecule has 18 heavy (non-hydrogen) atoms. The minimum Gasteiger partial charge on any atom is -0.313 e. The zero-order chi connectivity index (χ0) is 13.0. The van der Waals surface area contributed by atoms with Crippen LogP contribution in [0, 0.1) is 12.7 Å². The standard InChI is InChI=1S/C14H18FN3/c1-3-4-16-9-12-5-13(15)7-14(6-12)18-10-11(2)8-17-18/h5-8,10,16H,3-4,9H2,1-2H3. The molecule has 4 heteroatoms. The summed E-state index contributed by atoms with van der Waals surface area (Å²) in [6.45, 7) is 5.69. The van der Waals surface area contributed by atoms with Crippen LogP contribution in [0.2, 0.25) is 0 Å². The van der Waals surface area contributed by atoms with Gasteiger partial charge in [0.2, 0.25) is 0 Å². The highest BCUT2D eigenvalue weighted by molar-refractivity contribution is 5.36. The summed E-state index contributed by atoms with van der Waals surface area (Å²) in [5.74, 6) is -0.228. The van der Waals surface area contributed by atoms with Crippen molar-refractivity contribution in [1.82, 2.24) is 15.1 Å². The molecular formula is C14H18FN3. The van der Waals surface area contributed by atoms with Crippen LogP contribution in [-0.4, -0.2) is 16.3 Å². The third kappa shape index (κ3) is 3.17. The smallest absolute Gasteiger partial charge is 0.125 e. The number of nitrogens with zero attached hydrogens (tertiary/aromatic N) is 2. The summed E-state index contributed by atoms with van der Waals surface area (Å²) in [5, 5.41) is 7.46. The largest absolute Gasteiger partial charge is 0.313 e. The maximum Gasteiger partial charge on any atom is 0.125 e. The van der Waals surface area contributed by atoms with Crippen molar-refractivity contribution in [3.63, 3.8) is 0 Å². The highest BCUT2D eigenvalue weighted by Crippen LogP contribution is 2.13. The molecule has 1 aromatic carbocycles. The van der Waals surface area contributed by atoms with Gasteiger partial charge in [-0.3, -0.25) is 0 Å². The van der Waals surface area contributed by atoms with Gasteiger partial charge in [0, 0.05) is 12.7 Å². The van der Waals surface area contributed by atoms with E-state index in [9.17, 15) is 4.39 Å². The maximum atomic E-state index is 13.6. The van der Waals surface area contributed by atoms with Crippen LogP contribution in [0.5, 0.6) is 0 Å². The lowest BCUT2D eigenvalue weighted by molar-refractivity contribution is 0.616. The normalized spacial score (nSPS) is 10.8. The fraction of sp³-hybridized carbons (Fsp3) is 0.357. The number of hydrogen-bond donors (Lipinski definition) is 1. The van der Waals surface area contributed by atoms with Crippen molar-refractivity contribution >= 4 is 0 Å². The molecular weight excluding hydrogens is 229 g/mol. The summed E-state index contributed by atoms with van der Waals surface area (Å²) < 4.78 is 15.3. The first-order valence-corrected chi connectivity index (χ1v) is 6.21. The molecule has 3 nitrogen and oxygen atoms in total. The number of rotatable bonds is 5. The zero-order valence-electron chi connectivity index (χ0n) is 10.8. The van der Waals surface area contributed by atoms with Gasteiger partial charge in [-0.05, 0) is 49.2 Å². The van der Waals surface area contributed by atoms with E-state index < -0.39 is 0 Å². The highest BCUT2D eigenvalue weighted by atomic mass is 19.1. The summed E-state index contributed by atoms with van der Waals surface area (Å²) in [6.07, 6.45) is 4.72. The van der Waals surface area contributed by atoms with E-state index in [4.69, 9.17) is 0 Å². The quantitative estimate of drug-likeness (QED) is 0.823. The monoisotopic (exact) mass is 247 g/mol.